The number of piperidine rings is 1. The average Bonchev–Trinajstić information content (AvgIpc) is 2.31. The monoisotopic (exact) mass is 255 g/mol. The third-order valence-electron chi connectivity index (χ3n) is 4.28. The molecule has 3 nitrogen and oxygen atoms in total. The minimum Gasteiger partial charge on any atom is -0.330 e. The highest BCUT2D eigenvalue weighted by atomic mass is 15.1. The van der Waals surface area contributed by atoms with Crippen molar-refractivity contribution in [1.82, 2.24) is 9.80 Å². The van der Waals surface area contributed by atoms with Gasteiger partial charge in [0.25, 0.3) is 0 Å². The molecular formula is C15H33N3. The Morgan fingerprint density at radius 2 is 1.89 bits per heavy atom. The third kappa shape index (κ3) is 5.25. The summed E-state index contributed by atoms with van der Waals surface area (Å²) in [6.45, 7) is 10.4. The highest BCUT2D eigenvalue weighted by Crippen LogP contribution is 2.26. The van der Waals surface area contributed by atoms with Crippen LogP contribution >= 0.6 is 0 Å². The number of likely N-dealkylation sites (tertiary alicyclic amines) is 1. The van der Waals surface area contributed by atoms with Gasteiger partial charge in [0.2, 0.25) is 0 Å². The minimum absolute atomic E-state index is 0.323. The zero-order valence-corrected chi connectivity index (χ0v) is 12.9. The van der Waals surface area contributed by atoms with E-state index in [1.807, 2.05) is 0 Å². The summed E-state index contributed by atoms with van der Waals surface area (Å²) in [6, 6.07) is 0. The molecule has 0 aromatic rings. The van der Waals surface area contributed by atoms with Gasteiger partial charge in [0.05, 0.1) is 0 Å². The van der Waals surface area contributed by atoms with Crippen LogP contribution < -0.4 is 5.73 Å². The lowest BCUT2D eigenvalue weighted by Gasteiger charge is -2.39. The van der Waals surface area contributed by atoms with Crippen LogP contribution in [-0.2, 0) is 0 Å². The molecule has 1 atom stereocenters. The Labute approximate surface area is 114 Å². The second kappa shape index (κ2) is 7.46. The summed E-state index contributed by atoms with van der Waals surface area (Å²) in [5, 5.41) is 0. The van der Waals surface area contributed by atoms with E-state index in [9.17, 15) is 0 Å². The highest BCUT2D eigenvalue weighted by molar-refractivity contribution is 4.82. The molecule has 18 heavy (non-hydrogen) atoms. The maximum Gasteiger partial charge on any atom is 0.00474 e. The third-order valence-corrected chi connectivity index (χ3v) is 4.28. The molecule has 1 aliphatic heterocycles. The maximum atomic E-state index is 5.97. The predicted molar refractivity (Wildman–Crippen MR) is 79.8 cm³/mol. The van der Waals surface area contributed by atoms with E-state index in [0.717, 1.165) is 12.5 Å². The van der Waals surface area contributed by atoms with Crippen molar-refractivity contribution in [3.8, 4) is 0 Å². The Kier molecular flexibility index (Phi) is 6.61. The molecule has 0 radical (unpaired) electrons. The van der Waals surface area contributed by atoms with E-state index < -0.39 is 0 Å². The van der Waals surface area contributed by atoms with Crippen molar-refractivity contribution in [1.29, 1.82) is 0 Å². The molecule has 1 aliphatic rings. The molecule has 0 saturated carbocycles. The van der Waals surface area contributed by atoms with Gasteiger partial charge in [0.15, 0.2) is 0 Å². The van der Waals surface area contributed by atoms with E-state index in [0.29, 0.717) is 5.41 Å². The topological polar surface area (TPSA) is 32.5 Å². The first kappa shape index (κ1) is 15.9. The van der Waals surface area contributed by atoms with Crippen LogP contribution in [0.5, 0.6) is 0 Å². The second-order valence-corrected chi connectivity index (χ2v) is 6.75. The summed E-state index contributed by atoms with van der Waals surface area (Å²) in [6.07, 6.45) is 5.20. The molecule has 1 heterocycles. The van der Waals surface area contributed by atoms with Gasteiger partial charge in [-0.3, -0.25) is 0 Å². The summed E-state index contributed by atoms with van der Waals surface area (Å²) in [4.78, 5) is 4.95. The molecule has 0 spiro atoms. The van der Waals surface area contributed by atoms with Gasteiger partial charge in [-0.2, -0.15) is 0 Å². The number of nitrogens with zero attached hydrogens (tertiary/aromatic N) is 2. The number of nitrogens with two attached hydrogens (primary N) is 1. The van der Waals surface area contributed by atoms with E-state index in [1.54, 1.807) is 0 Å². The summed E-state index contributed by atoms with van der Waals surface area (Å²) < 4.78 is 0. The Morgan fingerprint density at radius 1 is 1.28 bits per heavy atom. The number of hydrogen-bond acceptors (Lipinski definition) is 3. The predicted octanol–water partition coefficient (Wildman–Crippen LogP) is 2.03. The van der Waals surface area contributed by atoms with Crippen molar-refractivity contribution in [3.63, 3.8) is 0 Å². The van der Waals surface area contributed by atoms with Crippen molar-refractivity contribution in [2.45, 2.75) is 39.5 Å². The first-order chi connectivity index (χ1) is 8.49. The Hall–Kier alpha value is -0.120. The van der Waals surface area contributed by atoms with Crippen LogP contribution in [0.3, 0.4) is 0 Å². The van der Waals surface area contributed by atoms with Gasteiger partial charge in [0, 0.05) is 13.1 Å². The largest absolute Gasteiger partial charge is 0.330 e. The molecule has 0 aliphatic carbocycles. The van der Waals surface area contributed by atoms with Crippen LogP contribution in [0.1, 0.15) is 39.5 Å². The van der Waals surface area contributed by atoms with Gasteiger partial charge in [-0.15, -0.1) is 0 Å². The van der Waals surface area contributed by atoms with E-state index >= 15 is 0 Å². The lowest BCUT2D eigenvalue weighted by atomic mass is 9.84. The van der Waals surface area contributed by atoms with Crippen LogP contribution in [-0.4, -0.2) is 56.6 Å². The highest BCUT2D eigenvalue weighted by Gasteiger charge is 2.27. The molecular weight excluding hydrogens is 222 g/mol. The first-order valence-electron chi connectivity index (χ1n) is 7.56. The van der Waals surface area contributed by atoms with Crippen molar-refractivity contribution < 1.29 is 0 Å². The summed E-state index contributed by atoms with van der Waals surface area (Å²) >= 11 is 0. The molecule has 1 saturated heterocycles. The van der Waals surface area contributed by atoms with Gasteiger partial charge in [0.1, 0.15) is 0 Å². The lowest BCUT2D eigenvalue weighted by molar-refractivity contribution is 0.108. The van der Waals surface area contributed by atoms with Gasteiger partial charge in [-0.05, 0) is 64.3 Å². The molecule has 108 valence electrons. The van der Waals surface area contributed by atoms with Crippen LogP contribution in [0, 0.1) is 11.3 Å². The first-order valence-corrected chi connectivity index (χ1v) is 7.56. The minimum atomic E-state index is 0.323. The van der Waals surface area contributed by atoms with E-state index in [4.69, 9.17) is 5.73 Å². The van der Waals surface area contributed by atoms with Gasteiger partial charge in [-0.25, -0.2) is 0 Å². The summed E-state index contributed by atoms with van der Waals surface area (Å²) in [7, 11) is 4.36. The second-order valence-electron chi connectivity index (χ2n) is 6.75. The molecule has 0 aromatic heterocycles. The fourth-order valence-electron chi connectivity index (χ4n) is 3.23. The van der Waals surface area contributed by atoms with Gasteiger partial charge < -0.3 is 15.5 Å². The Morgan fingerprint density at radius 3 is 2.33 bits per heavy atom. The average molecular weight is 255 g/mol. The molecule has 1 unspecified atom stereocenters. The normalized spacial score (nSPS) is 22.3. The molecule has 2 N–H and O–H groups in total. The van der Waals surface area contributed by atoms with E-state index in [1.165, 1.54) is 51.9 Å². The van der Waals surface area contributed by atoms with E-state index in [-0.39, 0.29) is 0 Å². The summed E-state index contributed by atoms with van der Waals surface area (Å²) in [5.74, 6) is 0.895. The lowest BCUT2D eigenvalue weighted by Crippen LogP contribution is -2.45. The fraction of sp³-hybridized carbons (Fsp3) is 1.00. The molecule has 1 rings (SSSR count). The smallest absolute Gasteiger partial charge is 0.00474 e. The fourth-order valence-corrected chi connectivity index (χ4v) is 3.23. The Balaban J connectivity index is 2.34. The quantitative estimate of drug-likeness (QED) is 0.755. The molecule has 0 aromatic carbocycles. The molecule has 3 heteroatoms. The SMILES string of the molecule is CCCC(C)(CN)CN1CCC(CN(C)C)CC1. The Bertz CT molecular complexity index is 222. The van der Waals surface area contributed by atoms with Crippen molar-refractivity contribution in [2.24, 2.45) is 17.1 Å². The standard InChI is InChI=1S/C15H33N3/c1-5-8-15(2,12-16)13-18-9-6-14(7-10-18)11-17(3)4/h14H,5-13,16H2,1-4H3. The van der Waals surface area contributed by atoms with Crippen molar-refractivity contribution >= 4 is 0 Å². The van der Waals surface area contributed by atoms with Crippen LogP contribution in [0.2, 0.25) is 0 Å². The number of rotatable bonds is 7. The van der Waals surface area contributed by atoms with Crippen LogP contribution in [0.4, 0.5) is 0 Å². The van der Waals surface area contributed by atoms with Gasteiger partial charge in [-0.1, -0.05) is 20.3 Å². The molecule has 0 amide bonds. The van der Waals surface area contributed by atoms with Crippen LogP contribution in [0.25, 0.3) is 0 Å². The van der Waals surface area contributed by atoms with E-state index in [2.05, 4.69) is 37.7 Å². The summed E-state index contributed by atoms with van der Waals surface area (Å²) in [5.41, 5.74) is 6.29. The van der Waals surface area contributed by atoms with Gasteiger partial charge >= 0.3 is 0 Å². The molecule has 1 fully saturated rings. The maximum absolute atomic E-state index is 5.97. The van der Waals surface area contributed by atoms with Crippen molar-refractivity contribution in [2.75, 3.05) is 46.8 Å². The molecule has 0 bridgehead atoms. The zero-order chi connectivity index (χ0) is 13.6. The zero-order valence-electron chi connectivity index (χ0n) is 12.9. The number of hydrogen-bond donors (Lipinski definition) is 1. The van der Waals surface area contributed by atoms with Crippen LogP contribution in [0.15, 0.2) is 0 Å². The van der Waals surface area contributed by atoms with Crippen molar-refractivity contribution in [3.05, 3.63) is 0 Å².